The second kappa shape index (κ2) is 7.04. The lowest BCUT2D eigenvalue weighted by Crippen LogP contribution is -2.37. The molecule has 1 rings (SSSR count). The van der Waals surface area contributed by atoms with Crippen molar-refractivity contribution in [2.24, 2.45) is 5.84 Å². The van der Waals surface area contributed by atoms with Crippen LogP contribution in [0, 0.1) is 10.1 Å². The number of amides is 2. The van der Waals surface area contributed by atoms with E-state index < -0.39 is 10.8 Å². The summed E-state index contributed by atoms with van der Waals surface area (Å²) in [6, 6.07) is 3.95. The fraction of sp³-hybridized carbons (Fsp3) is 0.273. The van der Waals surface area contributed by atoms with Crippen LogP contribution in [0.25, 0.3) is 0 Å². The van der Waals surface area contributed by atoms with Crippen LogP contribution < -0.4 is 21.9 Å². The molecule has 1 aromatic carbocycles. The Kier molecular flexibility index (Phi) is 5.42. The molecule has 0 bridgehead atoms. The van der Waals surface area contributed by atoms with E-state index >= 15 is 0 Å². The molecule has 0 spiro atoms. The normalized spacial score (nSPS) is 9.70. The summed E-state index contributed by atoms with van der Waals surface area (Å²) < 4.78 is 0. The highest BCUT2D eigenvalue weighted by Crippen LogP contribution is 2.27. The number of nitro groups is 1. The molecule has 0 saturated carbocycles. The maximum absolute atomic E-state index is 11.9. The number of para-hydroxylation sites is 1. The van der Waals surface area contributed by atoms with E-state index in [9.17, 15) is 19.7 Å². The van der Waals surface area contributed by atoms with Crippen molar-refractivity contribution in [2.45, 2.75) is 6.92 Å². The topological polar surface area (TPSA) is 139 Å². The number of hydrazine groups is 1. The number of carbonyl (C=O) groups excluding carboxylic acids is 2. The largest absolute Gasteiger partial charge is 0.355 e. The molecular formula is C11H15N5O4. The number of nitro benzene ring substituents is 1. The lowest BCUT2D eigenvalue weighted by atomic mass is 10.1. The van der Waals surface area contributed by atoms with E-state index in [0.717, 1.165) is 0 Å². The van der Waals surface area contributed by atoms with Gasteiger partial charge < -0.3 is 16.1 Å². The molecule has 0 atom stereocenters. The van der Waals surface area contributed by atoms with Gasteiger partial charge in [-0.15, -0.1) is 0 Å². The standard InChI is InChI=1S/C11H15N5O4/c1-2-13-9(17)6-14-11(18)7-4-3-5-8(16(19)20)10(7)15-12/h3-5,15H,2,6,12H2,1H3,(H,13,17)(H,14,18). The molecule has 0 radical (unpaired) electrons. The van der Waals surface area contributed by atoms with Crippen LogP contribution in [0.5, 0.6) is 0 Å². The molecule has 0 aromatic heterocycles. The molecule has 0 aliphatic carbocycles. The lowest BCUT2D eigenvalue weighted by molar-refractivity contribution is -0.384. The van der Waals surface area contributed by atoms with Crippen molar-refractivity contribution in [3.63, 3.8) is 0 Å². The van der Waals surface area contributed by atoms with E-state index in [1.807, 2.05) is 0 Å². The average Bonchev–Trinajstić information content (AvgIpc) is 2.44. The van der Waals surface area contributed by atoms with E-state index in [0.29, 0.717) is 6.54 Å². The molecule has 9 heteroatoms. The third-order valence-corrected chi connectivity index (χ3v) is 2.41. The Balaban J connectivity index is 2.90. The van der Waals surface area contributed by atoms with E-state index in [1.54, 1.807) is 6.92 Å². The molecule has 0 heterocycles. The smallest absolute Gasteiger partial charge is 0.294 e. The number of anilines is 1. The average molecular weight is 281 g/mol. The van der Waals surface area contributed by atoms with Gasteiger partial charge in [0.15, 0.2) is 0 Å². The van der Waals surface area contributed by atoms with Gasteiger partial charge in [0, 0.05) is 12.6 Å². The van der Waals surface area contributed by atoms with Crippen molar-refractivity contribution < 1.29 is 14.5 Å². The molecule has 2 amide bonds. The highest BCUT2D eigenvalue weighted by Gasteiger charge is 2.21. The van der Waals surface area contributed by atoms with Gasteiger partial charge in [-0.2, -0.15) is 0 Å². The van der Waals surface area contributed by atoms with Crippen molar-refractivity contribution in [1.29, 1.82) is 0 Å². The zero-order valence-corrected chi connectivity index (χ0v) is 10.8. The maximum Gasteiger partial charge on any atom is 0.294 e. The number of rotatable bonds is 6. The predicted octanol–water partition coefficient (Wildman–Crippen LogP) is -0.254. The van der Waals surface area contributed by atoms with Crippen LogP contribution in [0.15, 0.2) is 18.2 Å². The summed E-state index contributed by atoms with van der Waals surface area (Å²) in [6.45, 7) is 1.97. The number of hydrogen-bond acceptors (Lipinski definition) is 6. The zero-order valence-electron chi connectivity index (χ0n) is 10.8. The van der Waals surface area contributed by atoms with Gasteiger partial charge in [-0.3, -0.25) is 25.5 Å². The number of nitrogens with zero attached hydrogens (tertiary/aromatic N) is 1. The summed E-state index contributed by atoms with van der Waals surface area (Å²) in [7, 11) is 0. The van der Waals surface area contributed by atoms with Crippen LogP contribution in [0.4, 0.5) is 11.4 Å². The van der Waals surface area contributed by atoms with Crippen molar-refractivity contribution in [3.8, 4) is 0 Å². The first kappa shape index (κ1) is 15.4. The Bertz CT molecular complexity index is 532. The van der Waals surface area contributed by atoms with Crippen LogP contribution in [0.1, 0.15) is 17.3 Å². The number of likely N-dealkylation sites (N-methyl/N-ethyl adjacent to an activating group) is 1. The summed E-state index contributed by atoms with van der Waals surface area (Å²) in [4.78, 5) is 33.3. The van der Waals surface area contributed by atoms with E-state index in [2.05, 4.69) is 16.1 Å². The molecule has 5 N–H and O–H groups in total. The Morgan fingerprint density at radius 3 is 2.60 bits per heavy atom. The molecule has 0 aliphatic heterocycles. The van der Waals surface area contributed by atoms with Crippen molar-refractivity contribution in [2.75, 3.05) is 18.5 Å². The third-order valence-electron chi connectivity index (χ3n) is 2.41. The fourth-order valence-electron chi connectivity index (χ4n) is 1.55. The minimum Gasteiger partial charge on any atom is -0.355 e. The number of nitrogens with one attached hydrogen (secondary N) is 3. The van der Waals surface area contributed by atoms with Crippen LogP contribution in [-0.2, 0) is 4.79 Å². The van der Waals surface area contributed by atoms with E-state index in [1.165, 1.54) is 18.2 Å². The Morgan fingerprint density at radius 1 is 1.35 bits per heavy atom. The molecule has 1 aromatic rings. The number of carbonyl (C=O) groups is 2. The molecule has 0 fully saturated rings. The van der Waals surface area contributed by atoms with Gasteiger partial charge in [-0.25, -0.2) is 0 Å². The van der Waals surface area contributed by atoms with Crippen molar-refractivity contribution in [1.82, 2.24) is 10.6 Å². The minimum atomic E-state index is -0.657. The second-order valence-corrected chi connectivity index (χ2v) is 3.74. The first-order chi connectivity index (χ1) is 9.51. The second-order valence-electron chi connectivity index (χ2n) is 3.74. The zero-order chi connectivity index (χ0) is 15.1. The van der Waals surface area contributed by atoms with Gasteiger partial charge in [0.1, 0.15) is 5.69 Å². The first-order valence-corrected chi connectivity index (χ1v) is 5.80. The summed E-state index contributed by atoms with van der Waals surface area (Å²) in [5, 5.41) is 15.7. The van der Waals surface area contributed by atoms with Gasteiger partial charge in [-0.1, -0.05) is 6.07 Å². The highest BCUT2D eigenvalue weighted by atomic mass is 16.6. The Morgan fingerprint density at radius 2 is 2.05 bits per heavy atom. The van der Waals surface area contributed by atoms with Crippen LogP contribution in [-0.4, -0.2) is 29.8 Å². The molecule has 108 valence electrons. The monoisotopic (exact) mass is 281 g/mol. The van der Waals surface area contributed by atoms with Crippen LogP contribution in [0.2, 0.25) is 0 Å². The summed E-state index contributed by atoms with van der Waals surface area (Å²) >= 11 is 0. The minimum absolute atomic E-state index is 0.00833. The quantitative estimate of drug-likeness (QED) is 0.322. The lowest BCUT2D eigenvalue weighted by Gasteiger charge is -2.09. The first-order valence-electron chi connectivity index (χ1n) is 5.80. The predicted molar refractivity (Wildman–Crippen MR) is 71.9 cm³/mol. The Labute approximate surface area is 114 Å². The van der Waals surface area contributed by atoms with Gasteiger partial charge >= 0.3 is 0 Å². The molecule has 0 unspecified atom stereocenters. The van der Waals surface area contributed by atoms with Crippen LogP contribution in [0.3, 0.4) is 0 Å². The van der Waals surface area contributed by atoms with Gasteiger partial charge in [0.05, 0.1) is 17.0 Å². The van der Waals surface area contributed by atoms with Gasteiger partial charge in [0.2, 0.25) is 5.91 Å². The van der Waals surface area contributed by atoms with Crippen LogP contribution >= 0.6 is 0 Å². The summed E-state index contributed by atoms with van der Waals surface area (Å²) in [5.41, 5.74) is 1.70. The van der Waals surface area contributed by atoms with E-state index in [-0.39, 0.29) is 29.4 Å². The molecule has 20 heavy (non-hydrogen) atoms. The van der Waals surface area contributed by atoms with Gasteiger partial charge in [0.25, 0.3) is 11.6 Å². The SMILES string of the molecule is CCNC(=O)CNC(=O)c1cccc([N+](=O)[O-])c1NN. The summed E-state index contributed by atoms with van der Waals surface area (Å²) in [6.07, 6.45) is 0. The molecular weight excluding hydrogens is 266 g/mol. The van der Waals surface area contributed by atoms with Crippen molar-refractivity contribution >= 4 is 23.2 Å². The van der Waals surface area contributed by atoms with E-state index in [4.69, 9.17) is 5.84 Å². The summed E-state index contributed by atoms with van der Waals surface area (Å²) in [5.74, 6) is 4.23. The molecule has 0 aliphatic rings. The number of nitrogen functional groups attached to an aromatic ring is 1. The number of benzene rings is 1. The Hall–Kier alpha value is -2.68. The maximum atomic E-state index is 11.9. The molecule has 0 saturated heterocycles. The number of nitrogens with two attached hydrogens (primary N) is 1. The highest BCUT2D eigenvalue weighted by molar-refractivity contribution is 6.02. The number of hydrogen-bond donors (Lipinski definition) is 4. The fourth-order valence-corrected chi connectivity index (χ4v) is 1.55. The van der Waals surface area contributed by atoms with Gasteiger partial charge in [-0.05, 0) is 13.0 Å². The third kappa shape index (κ3) is 3.65. The van der Waals surface area contributed by atoms with Crippen molar-refractivity contribution in [3.05, 3.63) is 33.9 Å². The molecule has 9 nitrogen and oxygen atoms in total.